The van der Waals surface area contributed by atoms with E-state index in [1.165, 1.54) is 0 Å². The van der Waals surface area contributed by atoms with Gasteiger partial charge in [-0.25, -0.2) is 4.39 Å². The van der Waals surface area contributed by atoms with Crippen LogP contribution in [0.5, 0.6) is 5.75 Å². The molecule has 1 rings (SSSR count). The van der Waals surface area contributed by atoms with Gasteiger partial charge in [-0.05, 0) is 24.6 Å². The summed E-state index contributed by atoms with van der Waals surface area (Å²) in [5, 5.41) is 3.16. The minimum Gasteiger partial charge on any atom is -0.491 e. The van der Waals surface area contributed by atoms with Crippen molar-refractivity contribution in [1.82, 2.24) is 5.32 Å². The van der Waals surface area contributed by atoms with E-state index >= 15 is 0 Å². The molecule has 0 bridgehead atoms. The zero-order valence-electron chi connectivity index (χ0n) is 10.6. The summed E-state index contributed by atoms with van der Waals surface area (Å²) >= 11 is 4.10. The molecule has 0 saturated carbocycles. The minimum atomic E-state index is -0.303. The molecule has 0 aliphatic rings. The third-order valence-electron chi connectivity index (χ3n) is 2.69. The first-order valence-corrected chi connectivity index (χ1v) is 6.39. The van der Waals surface area contributed by atoms with Crippen LogP contribution in [0.3, 0.4) is 0 Å². The van der Waals surface area contributed by atoms with Gasteiger partial charge in [0.05, 0.1) is 6.61 Å². The highest BCUT2D eigenvalue weighted by Crippen LogP contribution is 2.27. The summed E-state index contributed by atoms with van der Waals surface area (Å²) in [6.45, 7) is 7.20. The fourth-order valence-electron chi connectivity index (χ4n) is 1.66. The lowest BCUT2D eigenvalue weighted by molar-refractivity contribution is 0.320. The molecule has 0 saturated heterocycles. The summed E-state index contributed by atoms with van der Waals surface area (Å²) in [4.78, 5) is 0. The van der Waals surface area contributed by atoms with E-state index in [2.05, 4.69) is 31.8 Å². The predicted octanol–water partition coefficient (Wildman–Crippen LogP) is 2.98. The standard InChI is InChI=1S/C13H20FNOS/c1-4-16-12-6-5-10(7-11(12)14)13(2,3)8-15-9-17/h5-7,15,17H,4,8-9H2,1-3H3. The Labute approximate surface area is 108 Å². The Morgan fingerprint density at radius 2 is 2.12 bits per heavy atom. The summed E-state index contributed by atoms with van der Waals surface area (Å²) in [5.41, 5.74) is 0.821. The van der Waals surface area contributed by atoms with E-state index in [0.717, 1.165) is 12.1 Å². The molecule has 1 N–H and O–H groups in total. The summed E-state index contributed by atoms with van der Waals surface area (Å²) in [6, 6.07) is 5.15. The van der Waals surface area contributed by atoms with Gasteiger partial charge in [-0.3, -0.25) is 0 Å². The average Bonchev–Trinajstić information content (AvgIpc) is 2.29. The number of hydrogen-bond donors (Lipinski definition) is 2. The number of ether oxygens (including phenoxy) is 1. The lowest BCUT2D eigenvalue weighted by atomic mass is 9.84. The van der Waals surface area contributed by atoms with Crippen molar-refractivity contribution in [2.75, 3.05) is 19.0 Å². The molecule has 0 fully saturated rings. The van der Waals surface area contributed by atoms with E-state index in [1.807, 2.05) is 13.0 Å². The van der Waals surface area contributed by atoms with Gasteiger partial charge in [-0.15, -0.1) is 0 Å². The number of rotatable bonds is 6. The molecule has 1 aromatic rings. The molecule has 2 nitrogen and oxygen atoms in total. The molecule has 0 unspecified atom stereocenters. The zero-order chi connectivity index (χ0) is 12.9. The largest absolute Gasteiger partial charge is 0.491 e. The van der Waals surface area contributed by atoms with Crippen LogP contribution in [0, 0.1) is 5.82 Å². The predicted molar refractivity (Wildman–Crippen MR) is 72.5 cm³/mol. The number of nitrogens with one attached hydrogen (secondary N) is 1. The normalized spacial score (nSPS) is 11.6. The molecule has 0 heterocycles. The second-order valence-corrected chi connectivity index (χ2v) is 4.86. The molecular weight excluding hydrogens is 237 g/mol. The molecule has 0 aromatic heterocycles. The molecule has 17 heavy (non-hydrogen) atoms. The first kappa shape index (κ1) is 14.3. The Morgan fingerprint density at radius 3 is 2.65 bits per heavy atom. The highest BCUT2D eigenvalue weighted by Gasteiger charge is 2.21. The Bertz CT molecular complexity index is 368. The van der Waals surface area contributed by atoms with Crippen molar-refractivity contribution in [1.29, 1.82) is 0 Å². The molecule has 4 heteroatoms. The highest BCUT2D eigenvalue weighted by atomic mass is 32.1. The van der Waals surface area contributed by atoms with E-state index in [0.29, 0.717) is 18.2 Å². The monoisotopic (exact) mass is 257 g/mol. The van der Waals surface area contributed by atoms with Crippen molar-refractivity contribution in [2.24, 2.45) is 0 Å². The maximum atomic E-state index is 13.7. The van der Waals surface area contributed by atoms with E-state index in [4.69, 9.17) is 4.74 Å². The maximum absolute atomic E-state index is 13.7. The van der Waals surface area contributed by atoms with Gasteiger partial charge in [0.1, 0.15) is 0 Å². The average molecular weight is 257 g/mol. The number of hydrogen-bond acceptors (Lipinski definition) is 3. The summed E-state index contributed by atoms with van der Waals surface area (Å²) in [7, 11) is 0. The van der Waals surface area contributed by atoms with Crippen LogP contribution in [-0.4, -0.2) is 19.0 Å². The minimum absolute atomic E-state index is 0.131. The molecular formula is C13H20FNOS. The molecule has 1 aromatic carbocycles. The Hall–Kier alpha value is -0.740. The van der Waals surface area contributed by atoms with Crippen LogP contribution < -0.4 is 10.1 Å². The fraction of sp³-hybridized carbons (Fsp3) is 0.538. The van der Waals surface area contributed by atoms with Crippen LogP contribution in [-0.2, 0) is 5.41 Å². The SMILES string of the molecule is CCOc1ccc(C(C)(C)CNCS)cc1F. The molecule has 0 atom stereocenters. The smallest absolute Gasteiger partial charge is 0.165 e. The summed E-state index contributed by atoms with van der Waals surface area (Å²) in [6.07, 6.45) is 0. The first-order chi connectivity index (χ1) is 8.01. The van der Waals surface area contributed by atoms with Gasteiger partial charge in [-0.2, -0.15) is 12.6 Å². The summed E-state index contributed by atoms with van der Waals surface area (Å²) < 4.78 is 18.9. The molecule has 0 amide bonds. The third-order valence-corrected chi connectivity index (χ3v) is 2.92. The van der Waals surface area contributed by atoms with Crippen molar-refractivity contribution in [3.05, 3.63) is 29.6 Å². The number of benzene rings is 1. The topological polar surface area (TPSA) is 21.3 Å². The van der Waals surface area contributed by atoms with Crippen molar-refractivity contribution in [3.63, 3.8) is 0 Å². The molecule has 0 spiro atoms. The van der Waals surface area contributed by atoms with Crippen LogP contribution in [0.15, 0.2) is 18.2 Å². The van der Waals surface area contributed by atoms with Gasteiger partial charge in [-0.1, -0.05) is 19.9 Å². The van der Waals surface area contributed by atoms with E-state index in [9.17, 15) is 4.39 Å². The number of thiol groups is 1. The first-order valence-electron chi connectivity index (χ1n) is 5.75. The Balaban J connectivity index is 2.88. The zero-order valence-corrected chi connectivity index (χ0v) is 11.5. The lowest BCUT2D eigenvalue weighted by Crippen LogP contribution is -2.32. The lowest BCUT2D eigenvalue weighted by Gasteiger charge is -2.25. The van der Waals surface area contributed by atoms with E-state index in [-0.39, 0.29) is 11.2 Å². The molecule has 0 aliphatic carbocycles. The second-order valence-electron chi connectivity index (χ2n) is 4.55. The van der Waals surface area contributed by atoms with Gasteiger partial charge in [0.25, 0.3) is 0 Å². The van der Waals surface area contributed by atoms with Crippen molar-refractivity contribution in [2.45, 2.75) is 26.2 Å². The van der Waals surface area contributed by atoms with Crippen LogP contribution in [0.25, 0.3) is 0 Å². The van der Waals surface area contributed by atoms with Crippen LogP contribution in [0.4, 0.5) is 4.39 Å². The van der Waals surface area contributed by atoms with Crippen molar-refractivity contribution in [3.8, 4) is 5.75 Å². The maximum Gasteiger partial charge on any atom is 0.165 e. The second kappa shape index (κ2) is 6.26. The van der Waals surface area contributed by atoms with Gasteiger partial charge >= 0.3 is 0 Å². The van der Waals surface area contributed by atoms with Gasteiger partial charge in [0.15, 0.2) is 11.6 Å². The van der Waals surface area contributed by atoms with Crippen molar-refractivity contribution < 1.29 is 9.13 Å². The van der Waals surface area contributed by atoms with Crippen LogP contribution in [0.1, 0.15) is 26.3 Å². The molecule has 0 radical (unpaired) electrons. The molecule has 96 valence electrons. The van der Waals surface area contributed by atoms with Crippen molar-refractivity contribution >= 4 is 12.6 Å². The quantitative estimate of drug-likeness (QED) is 0.604. The van der Waals surface area contributed by atoms with Crippen LogP contribution in [0.2, 0.25) is 0 Å². The highest BCUT2D eigenvalue weighted by molar-refractivity contribution is 7.80. The van der Waals surface area contributed by atoms with E-state index in [1.54, 1.807) is 12.1 Å². The third kappa shape index (κ3) is 3.89. The van der Waals surface area contributed by atoms with Gasteiger partial charge < -0.3 is 10.1 Å². The Morgan fingerprint density at radius 1 is 1.41 bits per heavy atom. The van der Waals surface area contributed by atoms with E-state index < -0.39 is 0 Å². The Kier molecular flexibility index (Phi) is 5.28. The fourth-order valence-corrected chi connectivity index (χ4v) is 1.78. The molecule has 0 aliphatic heterocycles. The van der Waals surface area contributed by atoms with Crippen LogP contribution >= 0.6 is 12.6 Å². The van der Waals surface area contributed by atoms with Gasteiger partial charge in [0.2, 0.25) is 0 Å². The van der Waals surface area contributed by atoms with Gasteiger partial charge in [0, 0.05) is 17.8 Å². The summed E-state index contributed by atoms with van der Waals surface area (Å²) in [5.74, 6) is 0.626. The number of halogens is 1.